The monoisotopic (exact) mass is 363 g/mol. The third kappa shape index (κ3) is 3.97. The molecule has 1 aliphatic rings. The normalized spacial score (nSPS) is 16.9. The van der Waals surface area contributed by atoms with Gasteiger partial charge in [-0.2, -0.15) is 5.10 Å². The fourth-order valence-electron chi connectivity index (χ4n) is 3.33. The number of likely N-dealkylation sites (tertiary alicyclic amines) is 1. The first-order valence-electron chi connectivity index (χ1n) is 9.02. The molecule has 1 saturated heterocycles. The molecule has 0 bridgehead atoms. The van der Waals surface area contributed by atoms with Crippen LogP contribution in [0, 0.1) is 0 Å². The molecule has 1 unspecified atom stereocenters. The van der Waals surface area contributed by atoms with E-state index in [1.54, 1.807) is 29.5 Å². The van der Waals surface area contributed by atoms with Gasteiger partial charge in [0.15, 0.2) is 0 Å². The highest BCUT2D eigenvalue weighted by molar-refractivity contribution is 5.93. The summed E-state index contributed by atoms with van der Waals surface area (Å²) in [5, 5.41) is 4.09. The lowest BCUT2D eigenvalue weighted by molar-refractivity contribution is 0.0705. The summed E-state index contributed by atoms with van der Waals surface area (Å²) in [6.45, 7) is 1.37. The summed E-state index contributed by atoms with van der Waals surface area (Å²) in [5.41, 5.74) is 1.47. The smallest absolute Gasteiger partial charge is 0.257 e. The second-order valence-electron chi connectivity index (χ2n) is 6.69. The molecule has 4 rings (SSSR count). The van der Waals surface area contributed by atoms with Gasteiger partial charge < -0.3 is 9.64 Å². The SMILES string of the molecule is Cn1cc(C(=O)N2CCCC(c3cncc(Oc4ccccc4)n3)C2)cn1. The van der Waals surface area contributed by atoms with Crippen molar-refractivity contribution in [3.8, 4) is 11.6 Å². The molecule has 0 N–H and O–H groups in total. The molecule has 0 saturated carbocycles. The number of rotatable bonds is 4. The van der Waals surface area contributed by atoms with Crippen molar-refractivity contribution < 1.29 is 9.53 Å². The van der Waals surface area contributed by atoms with Crippen molar-refractivity contribution in [2.45, 2.75) is 18.8 Å². The van der Waals surface area contributed by atoms with Crippen LogP contribution < -0.4 is 4.74 Å². The first-order valence-corrected chi connectivity index (χ1v) is 9.02. The fraction of sp³-hybridized carbons (Fsp3) is 0.300. The van der Waals surface area contributed by atoms with Crippen LogP contribution in [0.3, 0.4) is 0 Å². The summed E-state index contributed by atoms with van der Waals surface area (Å²) in [6.07, 6.45) is 8.64. The van der Waals surface area contributed by atoms with Gasteiger partial charge in [-0.3, -0.25) is 14.5 Å². The van der Waals surface area contributed by atoms with E-state index in [0.29, 0.717) is 18.0 Å². The maximum atomic E-state index is 12.7. The molecule has 138 valence electrons. The van der Waals surface area contributed by atoms with Crippen LogP contribution in [0.1, 0.15) is 34.8 Å². The van der Waals surface area contributed by atoms with Crippen LogP contribution in [-0.2, 0) is 7.05 Å². The van der Waals surface area contributed by atoms with Gasteiger partial charge in [0, 0.05) is 38.4 Å². The van der Waals surface area contributed by atoms with Crippen molar-refractivity contribution in [1.82, 2.24) is 24.6 Å². The molecule has 3 heterocycles. The quantitative estimate of drug-likeness (QED) is 0.712. The van der Waals surface area contributed by atoms with Gasteiger partial charge in [0.2, 0.25) is 5.88 Å². The van der Waals surface area contributed by atoms with E-state index in [2.05, 4.69) is 15.1 Å². The Hall–Kier alpha value is -3.22. The highest BCUT2D eigenvalue weighted by Crippen LogP contribution is 2.28. The number of amides is 1. The standard InChI is InChI=1S/C20H21N5O2/c1-24-13-16(10-22-24)20(26)25-9-5-6-15(14-25)18-11-21-12-19(23-18)27-17-7-3-2-4-8-17/h2-4,7-8,10-13,15H,5-6,9,14H2,1H3. The number of carbonyl (C=O) groups excluding carboxylic acids is 1. The van der Waals surface area contributed by atoms with Crippen molar-refractivity contribution >= 4 is 5.91 Å². The topological polar surface area (TPSA) is 73.1 Å². The molecule has 0 radical (unpaired) electrons. The molecule has 0 aliphatic carbocycles. The zero-order valence-corrected chi connectivity index (χ0v) is 15.2. The maximum Gasteiger partial charge on any atom is 0.257 e. The number of aryl methyl sites for hydroxylation is 1. The number of aromatic nitrogens is 4. The summed E-state index contributed by atoms with van der Waals surface area (Å²) in [5.74, 6) is 1.35. The van der Waals surface area contributed by atoms with E-state index in [-0.39, 0.29) is 11.8 Å². The fourth-order valence-corrected chi connectivity index (χ4v) is 3.33. The molecule has 2 aromatic heterocycles. The number of para-hydroxylation sites is 1. The third-order valence-electron chi connectivity index (χ3n) is 4.68. The Morgan fingerprint density at radius 3 is 2.81 bits per heavy atom. The summed E-state index contributed by atoms with van der Waals surface area (Å²) in [6, 6.07) is 9.52. The second-order valence-corrected chi connectivity index (χ2v) is 6.69. The largest absolute Gasteiger partial charge is 0.437 e. The van der Waals surface area contributed by atoms with Crippen LogP contribution in [0.2, 0.25) is 0 Å². The molecule has 1 fully saturated rings. The molecule has 27 heavy (non-hydrogen) atoms. The Labute approximate surface area is 157 Å². The zero-order valence-electron chi connectivity index (χ0n) is 15.2. The molecular formula is C20H21N5O2. The first-order chi connectivity index (χ1) is 13.2. The van der Waals surface area contributed by atoms with E-state index in [0.717, 1.165) is 30.8 Å². The third-order valence-corrected chi connectivity index (χ3v) is 4.68. The lowest BCUT2D eigenvalue weighted by atomic mass is 9.94. The molecule has 0 spiro atoms. The summed E-state index contributed by atoms with van der Waals surface area (Å²) >= 11 is 0. The number of carbonyl (C=O) groups is 1. The van der Waals surface area contributed by atoms with Crippen molar-refractivity contribution in [3.63, 3.8) is 0 Å². The predicted molar refractivity (Wildman–Crippen MR) is 99.6 cm³/mol. The number of ether oxygens (including phenoxy) is 1. The highest BCUT2D eigenvalue weighted by Gasteiger charge is 2.27. The molecule has 1 aliphatic heterocycles. The van der Waals surface area contributed by atoms with E-state index >= 15 is 0 Å². The molecule has 7 nitrogen and oxygen atoms in total. The van der Waals surface area contributed by atoms with Gasteiger partial charge in [-0.05, 0) is 25.0 Å². The van der Waals surface area contributed by atoms with Crippen molar-refractivity contribution in [2.75, 3.05) is 13.1 Å². The average molecular weight is 363 g/mol. The van der Waals surface area contributed by atoms with E-state index < -0.39 is 0 Å². The Kier molecular flexibility index (Phi) is 4.82. The van der Waals surface area contributed by atoms with Crippen LogP contribution in [0.4, 0.5) is 0 Å². The van der Waals surface area contributed by atoms with Crippen molar-refractivity contribution in [2.24, 2.45) is 7.05 Å². The minimum atomic E-state index is 0.0115. The van der Waals surface area contributed by atoms with Crippen LogP contribution in [0.15, 0.2) is 55.1 Å². The van der Waals surface area contributed by atoms with Crippen LogP contribution in [0.5, 0.6) is 11.6 Å². The predicted octanol–water partition coefficient (Wildman–Crippen LogP) is 3.02. The minimum absolute atomic E-state index is 0.0115. The molecule has 3 aromatic rings. The van der Waals surface area contributed by atoms with E-state index in [9.17, 15) is 4.79 Å². The molecule has 1 amide bonds. The number of hydrogen-bond acceptors (Lipinski definition) is 5. The van der Waals surface area contributed by atoms with Crippen LogP contribution in [0.25, 0.3) is 0 Å². The summed E-state index contributed by atoms with van der Waals surface area (Å²) in [7, 11) is 1.81. The average Bonchev–Trinajstić information content (AvgIpc) is 3.15. The molecule has 1 aromatic carbocycles. The summed E-state index contributed by atoms with van der Waals surface area (Å²) < 4.78 is 7.43. The lowest BCUT2D eigenvalue weighted by Crippen LogP contribution is -2.39. The van der Waals surface area contributed by atoms with Crippen LogP contribution >= 0.6 is 0 Å². The van der Waals surface area contributed by atoms with Gasteiger partial charge in [0.25, 0.3) is 5.91 Å². The Bertz CT molecular complexity index is 925. The number of nitrogens with zero attached hydrogens (tertiary/aromatic N) is 5. The van der Waals surface area contributed by atoms with Gasteiger partial charge in [0.05, 0.1) is 23.7 Å². The number of hydrogen-bond donors (Lipinski definition) is 0. The lowest BCUT2D eigenvalue weighted by Gasteiger charge is -2.32. The van der Waals surface area contributed by atoms with E-state index in [4.69, 9.17) is 4.74 Å². The number of piperidine rings is 1. The van der Waals surface area contributed by atoms with E-state index in [1.165, 1.54) is 0 Å². The zero-order chi connectivity index (χ0) is 18.6. The highest BCUT2D eigenvalue weighted by atomic mass is 16.5. The molecule has 7 heteroatoms. The molecule has 1 atom stereocenters. The van der Waals surface area contributed by atoms with Gasteiger partial charge in [0.1, 0.15) is 5.75 Å². The van der Waals surface area contributed by atoms with Gasteiger partial charge >= 0.3 is 0 Å². The second kappa shape index (κ2) is 7.57. The van der Waals surface area contributed by atoms with Crippen molar-refractivity contribution in [1.29, 1.82) is 0 Å². The summed E-state index contributed by atoms with van der Waals surface area (Å²) in [4.78, 5) is 23.5. The Balaban J connectivity index is 1.48. The van der Waals surface area contributed by atoms with Crippen molar-refractivity contribution in [3.05, 3.63) is 66.4 Å². The van der Waals surface area contributed by atoms with Gasteiger partial charge in [-0.15, -0.1) is 0 Å². The maximum absolute atomic E-state index is 12.7. The Morgan fingerprint density at radius 2 is 2.04 bits per heavy atom. The van der Waals surface area contributed by atoms with E-state index in [1.807, 2.05) is 42.3 Å². The van der Waals surface area contributed by atoms with Gasteiger partial charge in [-0.25, -0.2) is 4.98 Å². The molecular weight excluding hydrogens is 342 g/mol. The Morgan fingerprint density at radius 1 is 1.19 bits per heavy atom. The minimum Gasteiger partial charge on any atom is -0.437 e. The number of benzene rings is 1. The first kappa shape index (κ1) is 17.2. The van der Waals surface area contributed by atoms with Crippen LogP contribution in [-0.4, -0.2) is 43.6 Å². The van der Waals surface area contributed by atoms with Gasteiger partial charge in [-0.1, -0.05) is 18.2 Å².